The maximum absolute atomic E-state index is 14.3. The molecule has 1 N–H and O–H groups in total. The number of benzene rings is 10. The van der Waals surface area contributed by atoms with E-state index < -0.39 is 106 Å². The van der Waals surface area contributed by atoms with E-state index in [2.05, 4.69) is 146 Å². The second-order valence-electron chi connectivity index (χ2n) is 29.5. The fourth-order valence-electron chi connectivity index (χ4n) is 11.7. The van der Waals surface area contributed by atoms with Crippen molar-refractivity contribution in [3.8, 4) is 34.5 Å². The van der Waals surface area contributed by atoms with Crippen molar-refractivity contribution >= 4 is 47.9 Å². The van der Waals surface area contributed by atoms with Gasteiger partial charge < -0.3 is 42.6 Å². The lowest BCUT2D eigenvalue weighted by molar-refractivity contribution is -0.206. The molecule has 10 aromatic carbocycles. The summed E-state index contributed by atoms with van der Waals surface area (Å²) in [5.74, 6) is -18.0. The van der Waals surface area contributed by atoms with Crippen LogP contribution in [0.15, 0.2) is 219 Å². The number of hydrogen-bond donors (Lipinski definition) is 1. The van der Waals surface area contributed by atoms with Crippen LogP contribution in [-0.4, -0.2) is 61.6 Å². The van der Waals surface area contributed by atoms with E-state index in [9.17, 15) is 65.9 Å². The molecule has 14 nitrogen and oxygen atoms in total. The fraction of sp³-hybridized carbons (Fsp3) is 0.352. The molecule has 0 aliphatic heterocycles. The second-order valence-corrected chi connectivity index (χ2v) is 34.1. The fourth-order valence-corrected chi connectivity index (χ4v) is 15.0. The average molecular weight is 1670 g/mol. The van der Waals surface area contributed by atoms with Gasteiger partial charge in [-0.2, -0.15) is 17.6 Å². The highest BCUT2D eigenvalue weighted by atomic mass is 32.2. The minimum Gasteiger partial charge on any atom is -0.744 e. The first-order chi connectivity index (χ1) is 54.8. The molecule has 11 rings (SSSR count). The molecule has 6 unspecified atom stereocenters. The minimum absolute atomic E-state index is 0.0229. The molecule has 624 valence electrons. The van der Waals surface area contributed by atoms with E-state index >= 15 is 0 Å². The predicted molar refractivity (Wildman–Crippen MR) is 432 cm³/mol. The molecule has 0 radical (unpaired) electrons. The van der Waals surface area contributed by atoms with E-state index in [1.165, 1.54) is 49.1 Å². The molecule has 0 spiro atoms. The van der Waals surface area contributed by atoms with E-state index in [0.29, 0.717) is 71.6 Å². The Morgan fingerprint density at radius 3 is 1.34 bits per heavy atom. The van der Waals surface area contributed by atoms with Gasteiger partial charge in [0.25, 0.3) is 0 Å². The molecular weight excluding hydrogens is 1570 g/mol. The van der Waals surface area contributed by atoms with Crippen molar-refractivity contribution < 1.29 is 99.4 Å². The zero-order valence-electron chi connectivity index (χ0n) is 67.5. The van der Waals surface area contributed by atoms with E-state index in [1.807, 2.05) is 97.0 Å². The maximum Gasteiger partial charge on any atom is 0.313 e. The predicted octanol–water partition coefficient (Wildman–Crippen LogP) is 24.0. The zero-order valence-corrected chi connectivity index (χ0v) is 69.9. The number of aromatic hydroxyl groups is 1. The van der Waals surface area contributed by atoms with E-state index in [1.54, 1.807) is 36.4 Å². The van der Waals surface area contributed by atoms with Crippen molar-refractivity contribution in [2.45, 2.75) is 222 Å². The summed E-state index contributed by atoms with van der Waals surface area (Å²) in [5.41, 5.74) is 5.53. The molecule has 0 saturated heterocycles. The number of ether oxygens (including phenoxy) is 6. The highest BCUT2D eigenvalue weighted by Crippen LogP contribution is 2.40. The van der Waals surface area contributed by atoms with Crippen LogP contribution in [0.25, 0.3) is 10.8 Å². The Balaban J connectivity index is 0.000000213. The largest absolute Gasteiger partial charge is 0.744 e. The first-order valence-electron chi connectivity index (χ1n) is 38.4. The Bertz CT molecular complexity index is 4970. The van der Waals surface area contributed by atoms with E-state index in [-0.39, 0.29) is 47.2 Å². The Kier molecular flexibility index (Phi) is 34.8. The quantitative estimate of drug-likeness (QED) is 0.0134. The van der Waals surface area contributed by atoms with Crippen LogP contribution in [0, 0.1) is 64.8 Å². The molecule has 1 fully saturated rings. The molecule has 1 aliphatic carbocycles. The summed E-state index contributed by atoms with van der Waals surface area (Å²) >= 11 is 0. The number of hydrogen-bond acceptors (Lipinski definition) is 14. The van der Waals surface area contributed by atoms with Gasteiger partial charge in [0, 0.05) is 12.3 Å². The van der Waals surface area contributed by atoms with Gasteiger partial charge in [-0.1, -0.05) is 177 Å². The molecule has 0 aromatic heterocycles. The minimum atomic E-state index is -5.81. The van der Waals surface area contributed by atoms with Crippen molar-refractivity contribution in [1.29, 1.82) is 0 Å². The lowest BCUT2D eigenvalue weighted by Crippen LogP contribution is -2.35. The molecular formula is C91H101F8O14S3-. The number of carbonyl (C=O) groups excluding carboxylic acids is 1. The third-order valence-electron chi connectivity index (χ3n) is 19.6. The van der Waals surface area contributed by atoms with Crippen LogP contribution in [0.3, 0.4) is 0 Å². The van der Waals surface area contributed by atoms with Crippen LogP contribution in [0.1, 0.15) is 187 Å². The zero-order chi connectivity index (χ0) is 85.5. The van der Waals surface area contributed by atoms with Gasteiger partial charge in [0.2, 0.25) is 35.3 Å². The monoisotopic (exact) mass is 1670 g/mol. The summed E-state index contributed by atoms with van der Waals surface area (Å²) in [6.45, 7) is 28.9. The Labute approximate surface area is 679 Å². The molecule has 1 aliphatic rings. The lowest BCUT2D eigenvalue weighted by atomic mass is 9.90. The Hall–Kier alpha value is -9.50. The third-order valence-corrected chi connectivity index (χ3v) is 23.5. The summed E-state index contributed by atoms with van der Waals surface area (Å²) in [7, 11) is -11.6. The number of carbonyl (C=O) groups is 1. The number of fused-ring (bicyclic) bond motifs is 1. The van der Waals surface area contributed by atoms with Crippen molar-refractivity contribution in [3.05, 3.63) is 268 Å². The number of phenols is 1. The number of aryl methyl sites for hydroxylation is 1. The van der Waals surface area contributed by atoms with Gasteiger partial charge in [0.1, 0.15) is 71.8 Å². The molecule has 0 heterocycles. The van der Waals surface area contributed by atoms with Gasteiger partial charge >= 0.3 is 5.97 Å². The van der Waals surface area contributed by atoms with E-state index in [0.717, 1.165) is 31.2 Å². The lowest BCUT2D eigenvalue weighted by Gasteiger charge is -2.30. The van der Waals surface area contributed by atoms with Crippen molar-refractivity contribution in [2.24, 2.45) is 11.3 Å². The number of phenolic OH excluding ortho intramolecular Hbond substituents is 1. The topological polar surface area (TPSA) is 207 Å². The van der Waals surface area contributed by atoms with Crippen LogP contribution in [0.5, 0.6) is 34.5 Å². The first kappa shape index (κ1) is 93.7. The van der Waals surface area contributed by atoms with Gasteiger partial charge in [0.15, 0.2) is 43.7 Å². The Morgan fingerprint density at radius 1 is 0.500 bits per heavy atom. The maximum atomic E-state index is 14.3. The summed E-state index contributed by atoms with van der Waals surface area (Å²) in [4.78, 5) is 11.5. The summed E-state index contributed by atoms with van der Waals surface area (Å²) in [5, 5.41) is 10.3. The van der Waals surface area contributed by atoms with Crippen LogP contribution >= 0.6 is 0 Å². The molecule has 25 heteroatoms. The summed E-state index contributed by atoms with van der Waals surface area (Å²) in [6, 6.07) is 62.8. The van der Waals surface area contributed by atoms with Crippen molar-refractivity contribution in [3.63, 3.8) is 0 Å². The van der Waals surface area contributed by atoms with Gasteiger partial charge in [-0.05, 0) is 215 Å². The van der Waals surface area contributed by atoms with Gasteiger partial charge in [0.05, 0.1) is 22.4 Å². The molecule has 116 heavy (non-hydrogen) atoms. The van der Waals surface area contributed by atoms with Gasteiger partial charge in [-0.25, -0.2) is 34.4 Å². The molecule has 0 bridgehead atoms. The van der Waals surface area contributed by atoms with Crippen molar-refractivity contribution in [2.75, 3.05) is 0 Å². The molecule has 0 amide bonds. The number of halogens is 8. The highest BCUT2D eigenvalue weighted by molar-refractivity contribution is 7.97. The average Bonchev–Trinajstić information content (AvgIpc) is 0.768. The summed E-state index contributed by atoms with van der Waals surface area (Å²) in [6.07, 6.45) is 4.12. The third kappa shape index (κ3) is 26.3. The van der Waals surface area contributed by atoms with E-state index in [4.69, 9.17) is 33.5 Å². The number of esters is 1. The van der Waals surface area contributed by atoms with Crippen molar-refractivity contribution in [1.82, 2.24) is 0 Å². The van der Waals surface area contributed by atoms with Crippen LogP contribution in [-0.2, 0) is 52.0 Å². The summed E-state index contributed by atoms with van der Waals surface area (Å²) < 4.78 is 212. The standard InChI is InChI=1S/C27H22F4O5S.C22H24F4O5S.C19H17S.C13H26O3.C10H14O/c1-3-15(2)17-6-4-16(5-7-17)14-35-20-10-8-18-9-11-21(13-19(18)12-20)36-26-22(28)24(30)27(37(32,33)34)25(31)23(26)29;1-3-12(2)13-7-9-14(10-8-13)30-15-5-4-6-16(11-15)31-21-17(23)19(25)22(32(27,28)29)20(26)18(21)24;1-16-12-14-19(15-13-16)20(17-8-4-2-5-9-17)18-10-6-3-7-11-18;1-8-13(6,7)12(14)16-11(9(2)3)15-10(4)5;1-3-8(2)9-4-6-10(11)7-5-9/h4-13,15H,3,14H2,1-2H3,(H,32,33,34);7-10,12,15-16H,3-6,11H2,1-2H3,(H,27,28,29);2-15H,1H3;9-11H,8H2,1-7H3;4-8,11H,3H2,1-2H3/q;;+1;;/p-2. The Morgan fingerprint density at radius 2 is 0.905 bits per heavy atom. The normalized spacial score (nSPS) is 14.6. The molecule has 10 aromatic rings. The van der Waals surface area contributed by atoms with Gasteiger partial charge in [-0.3, -0.25) is 4.79 Å². The number of rotatable bonds is 26. The molecule has 6 atom stereocenters. The van der Waals surface area contributed by atoms with Crippen LogP contribution < -0.4 is 18.9 Å². The SMILES string of the molecule is CCC(C)(C)C(=O)OC(OC(C)C)C(C)C.CCC(C)c1ccc(COc2ccc3ccc(Oc4c(F)c(F)c(S(=O)(=O)[O-])c(F)c4F)cc3c2)cc1.CCC(C)c1ccc(O)cc1.CCC(C)c1ccc(OC2CCCC(Oc3c(F)c(F)c(S(=O)(=O)[O-])c(F)c3F)C2)cc1.Cc1ccc([S+](c2ccccc2)c2ccccc2)cc1. The first-order valence-corrected chi connectivity index (χ1v) is 42.4. The second kappa shape index (κ2) is 43.1. The van der Waals surface area contributed by atoms with Gasteiger partial charge in [-0.15, -0.1) is 0 Å². The van der Waals surface area contributed by atoms with Crippen LogP contribution in [0.2, 0.25) is 0 Å². The smallest absolute Gasteiger partial charge is 0.313 e. The molecule has 1 saturated carbocycles. The van der Waals surface area contributed by atoms with Crippen LogP contribution in [0.4, 0.5) is 35.1 Å². The highest BCUT2D eigenvalue weighted by Gasteiger charge is 2.36.